The van der Waals surface area contributed by atoms with Crippen LogP contribution in [0.1, 0.15) is 38.2 Å². The molecule has 1 aliphatic rings. The van der Waals surface area contributed by atoms with Crippen LogP contribution in [0.4, 0.5) is 11.4 Å². The topological polar surface area (TPSA) is 75.4 Å². The van der Waals surface area contributed by atoms with E-state index in [0.717, 1.165) is 19.3 Å². The van der Waals surface area contributed by atoms with E-state index in [9.17, 15) is 15.2 Å². The lowest BCUT2D eigenvalue weighted by molar-refractivity contribution is -0.385. The van der Waals surface area contributed by atoms with Crippen molar-refractivity contribution < 1.29 is 10.0 Å². The normalized spacial score (nSPS) is 26.2. The number of nitrogens with one attached hydrogen (secondary N) is 1. The van der Waals surface area contributed by atoms with E-state index in [1.165, 1.54) is 6.42 Å². The average Bonchev–Trinajstić information content (AvgIpc) is 2.41. The molecule has 5 nitrogen and oxygen atoms in total. The summed E-state index contributed by atoms with van der Waals surface area (Å²) in [6.45, 7) is 3.97. The first kappa shape index (κ1) is 14.8. The third-order valence-electron chi connectivity index (χ3n) is 4.21. The molecule has 20 heavy (non-hydrogen) atoms. The van der Waals surface area contributed by atoms with Crippen molar-refractivity contribution >= 4 is 11.4 Å². The van der Waals surface area contributed by atoms with E-state index in [1.54, 1.807) is 19.1 Å². The molecule has 1 aliphatic carbocycles. The molecule has 110 valence electrons. The van der Waals surface area contributed by atoms with Crippen LogP contribution in [0.5, 0.6) is 0 Å². The third kappa shape index (κ3) is 3.10. The van der Waals surface area contributed by atoms with Crippen molar-refractivity contribution in [2.75, 3.05) is 11.9 Å². The van der Waals surface area contributed by atoms with Crippen molar-refractivity contribution in [1.82, 2.24) is 0 Å². The Balaban J connectivity index is 2.23. The van der Waals surface area contributed by atoms with Gasteiger partial charge in [0, 0.05) is 17.3 Å². The Bertz CT molecular complexity index is 504. The molecule has 1 aromatic rings. The van der Waals surface area contributed by atoms with E-state index in [0.29, 0.717) is 17.2 Å². The van der Waals surface area contributed by atoms with Gasteiger partial charge in [0.05, 0.1) is 17.1 Å². The smallest absolute Gasteiger partial charge is 0.274 e. The Hall–Kier alpha value is -1.62. The molecule has 2 N–H and O–H groups in total. The van der Waals surface area contributed by atoms with Crippen LogP contribution in [0.15, 0.2) is 18.2 Å². The number of nitro benzene ring substituents is 1. The van der Waals surface area contributed by atoms with Gasteiger partial charge in [-0.1, -0.05) is 25.8 Å². The highest BCUT2D eigenvalue weighted by atomic mass is 16.6. The Morgan fingerprint density at radius 2 is 2.30 bits per heavy atom. The molecule has 0 aromatic heterocycles. The van der Waals surface area contributed by atoms with E-state index in [2.05, 4.69) is 12.2 Å². The molecule has 1 aromatic carbocycles. The SMILES string of the molecule is Cc1ccc(NC2(CO)CCCC(C)C2)cc1[N+](=O)[O-]. The number of nitrogens with zero attached hydrogens (tertiary/aromatic N) is 1. The Morgan fingerprint density at radius 3 is 2.90 bits per heavy atom. The van der Waals surface area contributed by atoms with E-state index < -0.39 is 0 Å². The lowest BCUT2D eigenvalue weighted by Gasteiger charge is -2.40. The standard InChI is InChI=1S/C15H22N2O3/c1-11-4-3-7-15(9-11,10-18)16-13-6-5-12(2)14(8-13)17(19)20/h5-6,8,11,16,18H,3-4,7,9-10H2,1-2H3. The lowest BCUT2D eigenvalue weighted by atomic mass is 9.76. The maximum absolute atomic E-state index is 11.0. The summed E-state index contributed by atoms with van der Waals surface area (Å²) in [6.07, 6.45) is 4.04. The van der Waals surface area contributed by atoms with Crippen molar-refractivity contribution in [3.05, 3.63) is 33.9 Å². The van der Waals surface area contributed by atoms with Gasteiger partial charge >= 0.3 is 0 Å². The van der Waals surface area contributed by atoms with Crippen LogP contribution in [0.2, 0.25) is 0 Å². The summed E-state index contributed by atoms with van der Waals surface area (Å²) in [5, 5.41) is 24.1. The Morgan fingerprint density at radius 1 is 1.55 bits per heavy atom. The molecule has 0 spiro atoms. The Kier molecular flexibility index (Phi) is 4.28. The monoisotopic (exact) mass is 278 g/mol. The molecular formula is C15H22N2O3. The second-order valence-electron chi connectivity index (χ2n) is 6.02. The van der Waals surface area contributed by atoms with Gasteiger partial charge in [0.15, 0.2) is 0 Å². The number of aryl methyl sites for hydroxylation is 1. The molecule has 0 heterocycles. The van der Waals surface area contributed by atoms with Gasteiger partial charge in [-0.2, -0.15) is 0 Å². The number of benzene rings is 1. The van der Waals surface area contributed by atoms with Gasteiger partial charge in [-0.25, -0.2) is 0 Å². The average molecular weight is 278 g/mol. The summed E-state index contributed by atoms with van der Waals surface area (Å²) in [5.41, 5.74) is 1.13. The molecular weight excluding hydrogens is 256 g/mol. The summed E-state index contributed by atoms with van der Waals surface area (Å²) in [5.74, 6) is 0.559. The minimum absolute atomic E-state index is 0.0546. The fraction of sp³-hybridized carbons (Fsp3) is 0.600. The van der Waals surface area contributed by atoms with Crippen LogP contribution in [-0.2, 0) is 0 Å². The summed E-state index contributed by atoms with van der Waals surface area (Å²) >= 11 is 0. The molecule has 0 aliphatic heterocycles. The lowest BCUT2D eigenvalue weighted by Crippen LogP contribution is -2.45. The van der Waals surface area contributed by atoms with Crippen molar-refractivity contribution in [2.45, 2.75) is 45.1 Å². The largest absolute Gasteiger partial charge is 0.394 e. The second-order valence-corrected chi connectivity index (χ2v) is 6.02. The quantitative estimate of drug-likeness (QED) is 0.654. The number of hydrogen-bond acceptors (Lipinski definition) is 4. The number of nitro groups is 1. The van der Waals surface area contributed by atoms with Gasteiger partial charge in [0.1, 0.15) is 0 Å². The molecule has 0 amide bonds. The van der Waals surface area contributed by atoms with Crippen LogP contribution in [0.3, 0.4) is 0 Å². The van der Waals surface area contributed by atoms with Crippen molar-refractivity contribution in [2.24, 2.45) is 5.92 Å². The fourth-order valence-electron chi connectivity index (χ4n) is 3.15. The molecule has 5 heteroatoms. The van der Waals surface area contributed by atoms with Crippen LogP contribution in [0, 0.1) is 23.0 Å². The maximum atomic E-state index is 11.0. The number of aliphatic hydroxyl groups is 1. The van der Waals surface area contributed by atoms with Crippen LogP contribution < -0.4 is 5.32 Å². The maximum Gasteiger partial charge on any atom is 0.274 e. The van der Waals surface area contributed by atoms with E-state index >= 15 is 0 Å². The highest BCUT2D eigenvalue weighted by Crippen LogP contribution is 2.35. The van der Waals surface area contributed by atoms with Gasteiger partial charge in [0.2, 0.25) is 0 Å². The molecule has 1 saturated carbocycles. The summed E-state index contributed by atoms with van der Waals surface area (Å²) in [6, 6.07) is 5.16. The highest BCUT2D eigenvalue weighted by molar-refractivity contribution is 5.56. The van der Waals surface area contributed by atoms with Gasteiger partial charge in [-0.3, -0.25) is 10.1 Å². The van der Waals surface area contributed by atoms with Gasteiger partial charge in [-0.05, 0) is 31.7 Å². The number of hydrogen-bond donors (Lipinski definition) is 2. The van der Waals surface area contributed by atoms with Gasteiger partial charge in [0.25, 0.3) is 5.69 Å². The third-order valence-corrected chi connectivity index (χ3v) is 4.21. The number of anilines is 1. The van der Waals surface area contributed by atoms with Crippen LogP contribution in [0.25, 0.3) is 0 Å². The van der Waals surface area contributed by atoms with Crippen molar-refractivity contribution in [3.63, 3.8) is 0 Å². The number of rotatable bonds is 4. The molecule has 0 saturated heterocycles. The first-order chi connectivity index (χ1) is 9.46. The first-order valence-corrected chi connectivity index (χ1v) is 7.10. The zero-order valence-corrected chi connectivity index (χ0v) is 12.1. The molecule has 0 bridgehead atoms. The van der Waals surface area contributed by atoms with E-state index in [4.69, 9.17) is 0 Å². The Labute approximate surface area is 119 Å². The predicted molar refractivity (Wildman–Crippen MR) is 78.9 cm³/mol. The zero-order valence-electron chi connectivity index (χ0n) is 12.1. The molecule has 2 rings (SSSR count). The predicted octanol–water partition coefficient (Wildman–Crippen LogP) is 3.26. The van der Waals surface area contributed by atoms with Crippen molar-refractivity contribution in [3.8, 4) is 0 Å². The molecule has 0 radical (unpaired) electrons. The molecule has 1 fully saturated rings. The fourth-order valence-corrected chi connectivity index (χ4v) is 3.15. The van der Waals surface area contributed by atoms with E-state index in [1.807, 2.05) is 6.07 Å². The van der Waals surface area contributed by atoms with E-state index in [-0.39, 0.29) is 22.8 Å². The first-order valence-electron chi connectivity index (χ1n) is 7.10. The summed E-state index contributed by atoms with van der Waals surface area (Å²) in [7, 11) is 0. The van der Waals surface area contributed by atoms with Crippen molar-refractivity contribution in [1.29, 1.82) is 0 Å². The number of aliphatic hydroxyl groups excluding tert-OH is 1. The summed E-state index contributed by atoms with van der Waals surface area (Å²) in [4.78, 5) is 10.6. The molecule has 2 atom stereocenters. The summed E-state index contributed by atoms with van der Waals surface area (Å²) < 4.78 is 0. The second kappa shape index (κ2) is 5.79. The van der Waals surface area contributed by atoms with Crippen LogP contribution >= 0.6 is 0 Å². The highest BCUT2D eigenvalue weighted by Gasteiger charge is 2.34. The molecule has 2 unspecified atom stereocenters. The zero-order chi connectivity index (χ0) is 14.8. The van der Waals surface area contributed by atoms with Gasteiger partial charge < -0.3 is 10.4 Å². The minimum atomic E-state index is -0.365. The minimum Gasteiger partial charge on any atom is -0.394 e. The van der Waals surface area contributed by atoms with Crippen LogP contribution in [-0.4, -0.2) is 22.2 Å². The van der Waals surface area contributed by atoms with Gasteiger partial charge in [-0.15, -0.1) is 0 Å².